The molecular formula is C17H18N3O6S-. The van der Waals surface area contributed by atoms with Gasteiger partial charge in [0.15, 0.2) is 9.84 Å². The number of carbonyl (C=O) groups excluding carboxylic acids is 2. The highest BCUT2D eigenvalue weighted by molar-refractivity contribution is 7.91. The van der Waals surface area contributed by atoms with Gasteiger partial charge in [-0.25, -0.2) is 13.1 Å². The third-order valence-electron chi connectivity index (χ3n) is 4.66. The summed E-state index contributed by atoms with van der Waals surface area (Å²) in [5.41, 5.74) is -1.02. The van der Waals surface area contributed by atoms with Gasteiger partial charge in [-0.2, -0.15) is 5.10 Å². The zero-order valence-electron chi connectivity index (χ0n) is 14.6. The molecule has 2 aromatic rings. The van der Waals surface area contributed by atoms with E-state index < -0.39 is 45.6 Å². The maximum Gasteiger partial charge on any atom is 0.275 e. The molecule has 1 saturated heterocycles. The Morgan fingerprint density at radius 1 is 1.30 bits per heavy atom. The Hall–Kier alpha value is -2.75. The molecule has 0 spiro atoms. The molecule has 0 radical (unpaired) electrons. The number of fused-ring (bicyclic) bond motifs is 1. The van der Waals surface area contributed by atoms with Gasteiger partial charge in [0, 0.05) is 18.0 Å². The van der Waals surface area contributed by atoms with E-state index in [2.05, 4.69) is 5.10 Å². The highest BCUT2D eigenvalue weighted by atomic mass is 32.2. The number of hydrogen-bond donors (Lipinski definition) is 0. The minimum atomic E-state index is -3.18. The van der Waals surface area contributed by atoms with E-state index in [-0.39, 0.29) is 28.8 Å². The largest absolute Gasteiger partial charge is 0.543 e. The van der Waals surface area contributed by atoms with Crippen LogP contribution in [0.1, 0.15) is 23.8 Å². The topological polar surface area (TPSA) is 129 Å². The van der Waals surface area contributed by atoms with Gasteiger partial charge in [0.25, 0.3) is 5.56 Å². The van der Waals surface area contributed by atoms with Crippen molar-refractivity contribution in [1.29, 1.82) is 0 Å². The van der Waals surface area contributed by atoms with Crippen molar-refractivity contribution in [2.75, 3.05) is 18.1 Å². The molecule has 1 aliphatic rings. The average Bonchev–Trinajstić information content (AvgIpc) is 2.97. The molecule has 1 aliphatic heterocycles. The summed E-state index contributed by atoms with van der Waals surface area (Å²) in [5.74, 6) is -2.14. The minimum absolute atomic E-state index is 0.0183. The van der Waals surface area contributed by atoms with Gasteiger partial charge in [0.1, 0.15) is 12.2 Å². The molecule has 0 N–H and O–H groups in total. The van der Waals surface area contributed by atoms with Crippen molar-refractivity contribution in [3.05, 3.63) is 40.3 Å². The van der Waals surface area contributed by atoms with Crippen molar-refractivity contribution in [2.24, 2.45) is 0 Å². The van der Waals surface area contributed by atoms with Crippen LogP contribution in [0.15, 0.2) is 29.1 Å². The van der Waals surface area contributed by atoms with Crippen molar-refractivity contribution in [1.82, 2.24) is 14.7 Å². The molecule has 2 heterocycles. The summed E-state index contributed by atoms with van der Waals surface area (Å²) in [7, 11) is -3.18. The maximum atomic E-state index is 12.7. The highest BCUT2D eigenvalue weighted by Gasteiger charge is 2.34. The lowest BCUT2D eigenvalue weighted by molar-refractivity contribution is -0.255. The van der Waals surface area contributed by atoms with E-state index >= 15 is 0 Å². The molecule has 1 aromatic carbocycles. The van der Waals surface area contributed by atoms with Crippen LogP contribution < -0.4 is 10.7 Å². The molecule has 144 valence electrons. The monoisotopic (exact) mass is 392 g/mol. The first-order valence-corrected chi connectivity index (χ1v) is 10.3. The van der Waals surface area contributed by atoms with Crippen molar-refractivity contribution in [3.63, 3.8) is 0 Å². The molecule has 9 nitrogen and oxygen atoms in total. The summed E-state index contributed by atoms with van der Waals surface area (Å²) in [6.45, 7) is 1.51. The lowest BCUT2D eigenvalue weighted by atomic mass is 10.1. The predicted octanol–water partition coefficient (Wildman–Crippen LogP) is -1.20. The molecule has 0 saturated carbocycles. The molecule has 27 heavy (non-hydrogen) atoms. The molecule has 10 heteroatoms. The number of hydrogen-bond acceptors (Lipinski definition) is 7. The zero-order chi connectivity index (χ0) is 19.8. The van der Waals surface area contributed by atoms with Crippen LogP contribution in [-0.2, 0) is 21.2 Å². The molecule has 1 atom stereocenters. The van der Waals surface area contributed by atoms with Crippen LogP contribution in [0.5, 0.6) is 0 Å². The van der Waals surface area contributed by atoms with E-state index in [4.69, 9.17) is 0 Å². The van der Waals surface area contributed by atoms with E-state index in [0.717, 1.165) is 4.68 Å². The Kier molecular flexibility index (Phi) is 5.01. The van der Waals surface area contributed by atoms with Crippen LogP contribution in [0, 0.1) is 0 Å². The van der Waals surface area contributed by atoms with Gasteiger partial charge < -0.3 is 14.8 Å². The number of aromatic carboxylic acids is 1. The summed E-state index contributed by atoms with van der Waals surface area (Å²) in [4.78, 5) is 38.1. The van der Waals surface area contributed by atoms with E-state index in [0.29, 0.717) is 6.42 Å². The van der Waals surface area contributed by atoms with Gasteiger partial charge >= 0.3 is 0 Å². The number of likely N-dealkylation sites (N-methyl/N-ethyl adjacent to an activating group) is 1. The minimum Gasteiger partial charge on any atom is -0.543 e. The average molecular weight is 392 g/mol. The van der Waals surface area contributed by atoms with Gasteiger partial charge in [-0.05, 0) is 19.4 Å². The van der Waals surface area contributed by atoms with E-state index in [9.17, 15) is 27.9 Å². The number of benzene rings is 1. The number of aromatic nitrogens is 2. The summed E-state index contributed by atoms with van der Waals surface area (Å²) < 4.78 is 24.2. The van der Waals surface area contributed by atoms with Crippen molar-refractivity contribution >= 4 is 32.5 Å². The van der Waals surface area contributed by atoms with Gasteiger partial charge in [0.05, 0.1) is 22.9 Å². The Balaban J connectivity index is 1.96. The molecule has 1 amide bonds. The molecule has 1 fully saturated rings. The Bertz CT molecular complexity index is 1080. The second-order valence-corrected chi connectivity index (χ2v) is 8.61. The second kappa shape index (κ2) is 7.10. The first kappa shape index (κ1) is 19.0. The van der Waals surface area contributed by atoms with Gasteiger partial charge in [-0.3, -0.25) is 9.59 Å². The summed E-state index contributed by atoms with van der Waals surface area (Å²) in [6, 6.07) is 5.60. The smallest absolute Gasteiger partial charge is 0.275 e. The van der Waals surface area contributed by atoms with Crippen LogP contribution in [0.25, 0.3) is 10.8 Å². The molecule has 0 aliphatic carbocycles. The first-order valence-electron chi connectivity index (χ1n) is 8.44. The zero-order valence-corrected chi connectivity index (χ0v) is 15.4. The van der Waals surface area contributed by atoms with E-state index in [1.54, 1.807) is 19.1 Å². The second-order valence-electron chi connectivity index (χ2n) is 6.38. The van der Waals surface area contributed by atoms with Gasteiger partial charge in [-0.1, -0.05) is 18.2 Å². The molecule has 1 aromatic heterocycles. The maximum absolute atomic E-state index is 12.7. The fourth-order valence-electron chi connectivity index (χ4n) is 3.37. The van der Waals surface area contributed by atoms with Crippen LogP contribution in [-0.4, -0.2) is 59.1 Å². The molecular weight excluding hydrogens is 374 g/mol. The lowest BCUT2D eigenvalue weighted by Gasteiger charge is -2.27. The SMILES string of the molecule is CCN(C(=O)Cn1nc(C(=O)[O-])c2ccccc2c1=O)[C@H]1CCS(=O)(=O)C1. The van der Waals surface area contributed by atoms with Crippen molar-refractivity contribution in [3.8, 4) is 0 Å². The van der Waals surface area contributed by atoms with Gasteiger partial charge in [0.2, 0.25) is 5.91 Å². The van der Waals surface area contributed by atoms with Crippen LogP contribution >= 0.6 is 0 Å². The highest BCUT2D eigenvalue weighted by Crippen LogP contribution is 2.18. The number of carbonyl (C=O) groups is 2. The summed E-state index contributed by atoms with van der Waals surface area (Å²) >= 11 is 0. The van der Waals surface area contributed by atoms with E-state index in [1.165, 1.54) is 17.0 Å². The number of carboxylic acid groups (broad SMARTS) is 1. The Morgan fingerprint density at radius 2 is 1.96 bits per heavy atom. The number of carboxylic acids is 1. The number of rotatable bonds is 5. The first-order chi connectivity index (χ1) is 12.7. The van der Waals surface area contributed by atoms with Crippen molar-refractivity contribution in [2.45, 2.75) is 25.9 Å². The summed E-state index contributed by atoms with van der Waals surface area (Å²) in [5, 5.41) is 15.4. The van der Waals surface area contributed by atoms with Crippen LogP contribution in [0.4, 0.5) is 0 Å². The van der Waals surface area contributed by atoms with Crippen LogP contribution in [0.3, 0.4) is 0 Å². The quantitative estimate of drug-likeness (QED) is 0.624. The molecule has 3 rings (SSSR count). The lowest BCUT2D eigenvalue weighted by Crippen LogP contribution is -2.44. The standard InChI is InChI=1S/C17H19N3O6S/c1-2-19(11-7-8-27(25,26)10-11)14(21)9-20-16(22)13-6-4-3-5-12(13)15(18-20)17(23)24/h3-6,11H,2,7-10H2,1H3,(H,23,24)/p-1/t11-/m0/s1. The Labute approximate surface area is 155 Å². The molecule has 0 unspecified atom stereocenters. The Morgan fingerprint density at radius 3 is 2.52 bits per heavy atom. The van der Waals surface area contributed by atoms with Crippen LogP contribution in [0.2, 0.25) is 0 Å². The third kappa shape index (κ3) is 3.70. The fourth-order valence-corrected chi connectivity index (χ4v) is 5.10. The number of amides is 1. The number of nitrogens with zero attached hydrogens (tertiary/aromatic N) is 3. The number of sulfone groups is 1. The predicted molar refractivity (Wildman–Crippen MR) is 94.8 cm³/mol. The summed E-state index contributed by atoms with van der Waals surface area (Å²) in [6.07, 6.45) is 0.340. The molecule has 0 bridgehead atoms. The fraction of sp³-hybridized carbons (Fsp3) is 0.412. The van der Waals surface area contributed by atoms with E-state index in [1.807, 2.05) is 0 Å². The normalized spacial score (nSPS) is 18.5. The van der Waals surface area contributed by atoms with Gasteiger partial charge in [-0.15, -0.1) is 0 Å². The third-order valence-corrected chi connectivity index (χ3v) is 6.41. The van der Waals surface area contributed by atoms with Crippen molar-refractivity contribution < 1.29 is 23.1 Å².